The monoisotopic (exact) mass is 594 g/mol. The number of aromatic nitrogens is 7. The molecular weight excluding hydrogens is 567 g/mol. The zero-order valence-electron chi connectivity index (χ0n) is 23.5. The number of carbonyl (C=O) groups excluding carboxylic acids is 1. The lowest BCUT2D eigenvalue weighted by atomic mass is 9.90. The third-order valence-electron chi connectivity index (χ3n) is 7.57. The van der Waals surface area contributed by atoms with Crippen LogP contribution in [0.3, 0.4) is 0 Å². The molecule has 1 aromatic carbocycles. The van der Waals surface area contributed by atoms with E-state index in [2.05, 4.69) is 20.3 Å². The molecule has 1 aliphatic rings. The van der Waals surface area contributed by atoms with Gasteiger partial charge in [-0.3, -0.25) is 14.5 Å². The molecule has 6 aromatic rings. The molecule has 0 spiro atoms. The van der Waals surface area contributed by atoms with Crippen LogP contribution in [0.1, 0.15) is 39.8 Å². The lowest BCUT2D eigenvalue weighted by Crippen LogP contribution is -2.17. The van der Waals surface area contributed by atoms with Crippen LogP contribution in [0.5, 0.6) is 0 Å². The number of rotatable bonds is 6. The average molecular weight is 595 g/mol. The summed E-state index contributed by atoms with van der Waals surface area (Å²) >= 11 is 1.32. The second-order valence-electron chi connectivity index (χ2n) is 10.4. The molecule has 1 aliphatic heterocycles. The van der Waals surface area contributed by atoms with Crippen LogP contribution in [0.25, 0.3) is 38.7 Å². The smallest absolute Gasteiger partial charge is 0.268 e. The van der Waals surface area contributed by atoms with Gasteiger partial charge >= 0.3 is 0 Å². The summed E-state index contributed by atoms with van der Waals surface area (Å²) < 4.78 is 23.0. The van der Waals surface area contributed by atoms with Crippen LogP contribution < -0.4 is 5.32 Å². The number of ether oxygens (including phenoxy) is 1. The van der Waals surface area contributed by atoms with Crippen molar-refractivity contribution in [3.63, 3.8) is 0 Å². The minimum atomic E-state index is -0.305. The van der Waals surface area contributed by atoms with Gasteiger partial charge in [0.1, 0.15) is 21.4 Å². The number of halogens is 1. The van der Waals surface area contributed by atoms with Crippen LogP contribution in [-0.4, -0.2) is 53.5 Å². The minimum absolute atomic E-state index is 0.241. The first kappa shape index (κ1) is 27.0. The molecule has 1 saturated heterocycles. The fraction of sp³-hybridized carbons (Fsp3) is 0.226. The number of nitrogens with zero attached hydrogens (tertiary/aromatic N) is 7. The molecule has 0 aliphatic carbocycles. The van der Waals surface area contributed by atoms with Crippen molar-refractivity contribution in [1.82, 2.24) is 34.3 Å². The second-order valence-corrected chi connectivity index (χ2v) is 11.4. The SMILES string of the molecule is Cc1nc(-c2ccncc2)sc1C(=O)Nc1cn2nc(-c3c(-c4ccc(F)cc4)nn(C)c3C3CCOCC3)ccc2n1. The number of pyridine rings is 1. The summed E-state index contributed by atoms with van der Waals surface area (Å²) in [4.78, 5) is 26.9. The quantitative estimate of drug-likeness (QED) is 0.255. The van der Waals surface area contributed by atoms with Gasteiger partial charge < -0.3 is 10.1 Å². The Labute approximate surface area is 250 Å². The molecule has 43 heavy (non-hydrogen) atoms. The van der Waals surface area contributed by atoms with Crippen molar-refractivity contribution in [3.05, 3.63) is 89.2 Å². The second kappa shape index (κ2) is 11.1. The van der Waals surface area contributed by atoms with Gasteiger partial charge in [0.05, 0.1) is 28.8 Å². The Morgan fingerprint density at radius 2 is 1.77 bits per heavy atom. The van der Waals surface area contributed by atoms with Gasteiger partial charge in [-0.05, 0) is 68.3 Å². The Bertz CT molecular complexity index is 1940. The van der Waals surface area contributed by atoms with Gasteiger partial charge in [-0.15, -0.1) is 11.3 Å². The lowest BCUT2D eigenvalue weighted by molar-refractivity contribution is 0.0838. The molecule has 10 nitrogen and oxygen atoms in total. The van der Waals surface area contributed by atoms with E-state index in [4.69, 9.17) is 14.9 Å². The fourth-order valence-electron chi connectivity index (χ4n) is 5.51. The van der Waals surface area contributed by atoms with Crippen LogP contribution in [-0.2, 0) is 11.8 Å². The van der Waals surface area contributed by atoms with Gasteiger partial charge in [0.2, 0.25) is 0 Å². The molecule has 0 bridgehead atoms. The molecule has 0 unspecified atom stereocenters. The zero-order chi connectivity index (χ0) is 29.5. The number of nitrogens with one attached hydrogen (secondary N) is 1. The zero-order valence-corrected chi connectivity index (χ0v) is 24.3. The highest BCUT2D eigenvalue weighted by molar-refractivity contribution is 7.17. The third kappa shape index (κ3) is 5.19. The molecule has 1 N–H and O–H groups in total. The highest BCUT2D eigenvalue weighted by Crippen LogP contribution is 2.40. The Kier molecular flexibility index (Phi) is 6.99. The van der Waals surface area contributed by atoms with E-state index in [0.29, 0.717) is 40.9 Å². The molecule has 1 amide bonds. The number of thiazole rings is 1. The minimum Gasteiger partial charge on any atom is -0.381 e. The Morgan fingerprint density at radius 1 is 1.00 bits per heavy atom. The van der Waals surface area contributed by atoms with Crippen molar-refractivity contribution >= 4 is 28.7 Å². The molecular formula is C31H27FN8O2S. The van der Waals surface area contributed by atoms with Crippen molar-refractivity contribution in [1.29, 1.82) is 0 Å². The van der Waals surface area contributed by atoms with E-state index < -0.39 is 0 Å². The standard InChI is InChI=1S/C31H27FN8O2S/c1-18-29(43-31(34-18)21-9-13-33-14-10-21)30(41)36-24-17-40-25(35-24)8-7-23(37-40)26-27(19-3-5-22(32)6-4-19)38-39(2)28(26)20-11-15-42-16-12-20/h3-10,13-14,17,20H,11-12,15-16H2,1-2H3,(H,36,41). The van der Waals surface area contributed by atoms with E-state index in [-0.39, 0.29) is 17.6 Å². The Hall–Kier alpha value is -4.81. The molecule has 0 atom stereocenters. The summed E-state index contributed by atoms with van der Waals surface area (Å²) in [5.74, 6) is 0.0277. The molecule has 0 saturated carbocycles. The molecule has 1 fully saturated rings. The van der Waals surface area contributed by atoms with Gasteiger partial charge in [-0.25, -0.2) is 18.9 Å². The van der Waals surface area contributed by atoms with Gasteiger partial charge in [-0.1, -0.05) is 0 Å². The summed E-state index contributed by atoms with van der Waals surface area (Å²) in [6, 6.07) is 13.9. The predicted octanol–water partition coefficient (Wildman–Crippen LogP) is 5.91. The summed E-state index contributed by atoms with van der Waals surface area (Å²) in [7, 11) is 1.94. The highest BCUT2D eigenvalue weighted by atomic mass is 32.1. The van der Waals surface area contributed by atoms with Crippen LogP contribution in [0.2, 0.25) is 0 Å². The number of hydrogen-bond acceptors (Lipinski definition) is 8. The maximum atomic E-state index is 13.8. The first-order chi connectivity index (χ1) is 20.9. The first-order valence-electron chi connectivity index (χ1n) is 13.9. The van der Waals surface area contributed by atoms with Crippen molar-refractivity contribution < 1.29 is 13.9 Å². The van der Waals surface area contributed by atoms with Gasteiger partial charge in [0.15, 0.2) is 11.5 Å². The number of imidazole rings is 1. The summed E-state index contributed by atoms with van der Waals surface area (Å²) in [6.45, 7) is 3.18. The van der Waals surface area contributed by atoms with E-state index in [0.717, 1.165) is 45.9 Å². The number of fused-ring (bicyclic) bond motifs is 1. The first-order valence-corrected chi connectivity index (χ1v) is 14.7. The normalized spacial score (nSPS) is 13.9. The number of hydrogen-bond donors (Lipinski definition) is 1. The van der Waals surface area contributed by atoms with Gasteiger partial charge in [0, 0.05) is 49.7 Å². The van der Waals surface area contributed by atoms with Crippen LogP contribution in [0.4, 0.5) is 10.2 Å². The van der Waals surface area contributed by atoms with Crippen molar-refractivity contribution in [2.75, 3.05) is 18.5 Å². The number of amides is 1. The summed E-state index contributed by atoms with van der Waals surface area (Å²) in [5.41, 5.74) is 6.33. The highest BCUT2D eigenvalue weighted by Gasteiger charge is 2.28. The number of anilines is 1. The molecule has 5 aromatic heterocycles. The van der Waals surface area contributed by atoms with Gasteiger partial charge in [-0.2, -0.15) is 10.2 Å². The molecule has 216 valence electrons. The van der Waals surface area contributed by atoms with Crippen LogP contribution in [0, 0.1) is 12.7 Å². The topological polar surface area (TPSA) is 112 Å². The van der Waals surface area contributed by atoms with Crippen molar-refractivity contribution in [3.8, 4) is 33.1 Å². The molecule has 7 rings (SSSR count). The van der Waals surface area contributed by atoms with E-state index >= 15 is 0 Å². The summed E-state index contributed by atoms with van der Waals surface area (Å²) in [5, 5.41) is 13.4. The third-order valence-corrected chi connectivity index (χ3v) is 8.77. The van der Waals surface area contributed by atoms with E-state index in [1.54, 1.807) is 35.2 Å². The fourth-order valence-corrected chi connectivity index (χ4v) is 6.48. The van der Waals surface area contributed by atoms with E-state index in [1.807, 2.05) is 42.9 Å². The number of aryl methyl sites for hydroxylation is 2. The lowest BCUT2D eigenvalue weighted by Gasteiger charge is -2.23. The molecule has 12 heteroatoms. The van der Waals surface area contributed by atoms with E-state index in [9.17, 15) is 9.18 Å². The largest absolute Gasteiger partial charge is 0.381 e. The van der Waals surface area contributed by atoms with Crippen LogP contribution >= 0.6 is 11.3 Å². The van der Waals surface area contributed by atoms with Crippen molar-refractivity contribution in [2.45, 2.75) is 25.7 Å². The molecule has 0 radical (unpaired) electrons. The summed E-state index contributed by atoms with van der Waals surface area (Å²) in [6.07, 6.45) is 6.84. The van der Waals surface area contributed by atoms with Crippen molar-refractivity contribution in [2.24, 2.45) is 7.05 Å². The molecule has 6 heterocycles. The van der Waals surface area contributed by atoms with E-state index in [1.165, 1.54) is 23.5 Å². The maximum absolute atomic E-state index is 13.8. The predicted molar refractivity (Wildman–Crippen MR) is 161 cm³/mol. The number of benzene rings is 1. The van der Waals surface area contributed by atoms with Gasteiger partial charge in [0.25, 0.3) is 5.91 Å². The Balaban J connectivity index is 1.23. The average Bonchev–Trinajstić information content (AvgIpc) is 3.72. The number of carbonyl (C=O) groups is 1. The maximum Gasteiger partial charge on any atom is 0.268 e. The van der Waals surface area contributed by atoms with Crippen LogP contribution in [0.15, 0.2) is 67.1 Å². The Morgan fingerprint density at radius 3 is 2.53 bits per heavy atom.